The first-order valence-corrected chi connectivity index (χ1v) is 4.17. The number of nitrogens with one attached hydrogen (secondary N) is 1. The Labute approximate surface area is 81.0 Å². The maximum atomic E-state index is 11.3. The Morgan fingerprint density at radius 1 is 1.79 bits per heavy atom. The molecule has 0 aliphatic carbocycles. The normalized spacial score (nSPS) is 17.8. The van der Waals surface area contributed by atoms with Gasteiger partial charge in [-0.1, -0.05) is 5.11 Å². The molecule has 1 saturated heterocycles. The Balaban J connectivity index is 2.38. The molecule has 1 N–H and O–H groups in total. The molecule has 0 radical (unpaired) electrons. The summed E-state index contributed by atoms with van der Waals surface area (Å²) in [6.07, 6.45) is 0. The van der Waals surface area contributed by atoms with Gasteiger partial charge in [0.25, 0.3) is 0 Å². The lowest BCUT2D eigenvalue weighted by atomic mass is 9.98. The van der Waals surface area contributed by atoms with Crippen molar-refractivity contribution < 1.29 is 14.3 Å². The average Bonchev–Trinajstić information content (AvgIpc) is 2.14. The van der Waals surface area contributed by atoms with Gasteiger partial charge < -0.3 is 9.47 Å². The fraction of sp³-hybridized carbons (Fsp3) is 0.857. The predicted molar refractivity (Wildman–Crippen MR) is 47.6 cm³/mol. The van der Waals surface area contributed by atoms with Crippen molar-refractivity contribution in [3.05, 3.63) is 10.4 Å². The fourth-order valence-electron chi connectivity index (χ4n) is 1.18. The van der Waals surface area contributed by atoms with Crippen molar-refractivity contribution >= 4 is 5.97 Å². The summed E-state index contributed by atoms with van der Waals surface area (Å²) in [5, 5.41) is 6.30. The zero-order chi connectivity index (χ0) is 10.4. The van der Waals surface area contributed by atoms with E-state index in [9.17, 15) is 4.79 Å². The number of carbonyl (C=O) groups is 1. The topological polar surface area (TPSA) is 96.3 Å². The molecule has 0 aromatic rings. The highest BCUT2D eigenvalue weighted by Gasteiger charge is 2.46. The summed E-state index contributed by atoms with van der Waals surface area (Å²) in [4.78, 5) is 13.9. The van der Waals surface area contributed by atoms with Crippen molar-refractivity contribution in [1.82, 2.24) is 5.32 Å². The van der Waals surface area contributed by atoms with Gasteiger partial charge in [-0.05, 0) is 5.53 Å². The van der Waals surface area contributed by atoms with Gasteiger partial charge in [0.1, 0.15) is 0 Å². The van der Waals surface area contributed by atoms with Crippen LogP contribution >= 0.6 is 0 Å². The highest BCUT2D eigenvalue weighted by atomic mass is 16.5. The molecular formula is C7H12N4O3. The second-order valence-electron chi connectivity index (χ2n) is 2.95. The van der Waals surface area contributed by atoms with Gasteiger partial charge in [0.15, 0.2) is 5.54 Å². The second kappa shape index (κ2) is 4.80. The largest absolute Gasteiger partial charge is 0.468 e. The highest BCUT2D eigenvalue weighted by Crippen LogP contribution is 2.18. The Hall–Kier alpha value is -1.30. The van der Waals surface area contributed by atoms with Gasteiger partial charge in [0.05, 0.1) is 20.3 Å². The molecule has 0 saturated carbocycles. The molecule has 78 valence electrons. The number of ether oxygens (including phenoxy) is 2. The molecule has 1 rings (SSSR count). The van der Waals surface area contributed by atoms with E-state index in [1.54, 1.807) is 0 Å². The summed E-state index contributed by atoms with van der Waals surface area (Å²) in [6, 6.07) is 0. The molecule has 7 heteroatoms. The fourth-order valence-corrected chi connectivity index (χ4v) is 1.18. The number of nitrogens with zero attached hydrogens (tertiary/aromatic N) is 3. The van der Waals surface area contributed by atoms with E-state index in [0.29, 0.717) is 26.3 Å². The lowest BCUT2D eigenvalue weighted by molar-refractivity contribution is -0.169. The van der Waals surface area contributed by atoms with Crippen molar-refractivity contribution in [1.29, 1.82) is 0 Å². The van der Waals surface area contributed by atoms with Crippen LogP contribution in [0.1, 0.15) is 0 Å². The molecule has 1 aliphatic heterocycles. The van der Waals surface area contributed by atoms with Gasteiger partial charge in [-0.3, -0.25) is 5.32 Å². The summed E-state index contributed by atoms with van der Waals surface area (Å²) >= 11 is 0. The van der Waals surface area contributed by atoms with E-state index in [1.165, 1.54) is 7.11 Å². The number of azide groups is 1. The van der Waals surface area contributed by atoms with Gasteiger partial charge >= 0.3 is 5.97 Å². The van der Waals surface area contributed by atoms with Crippen molar-refractivity contribution in [2.24, 2.45) is 5.11 Å². The van der Waals surface area contributed by atoms with Gasteiger partial charge in [-0.25, -0.2) is 4.79 Å². The van der Waals surface area contributed by atoms with Crippen LogP contribution in [-0.4, -0.2) is 44.9 Å². The summed E-state index contributed by atoms with van der Waals surface area (Å²) in [5.74, 6) is -0.343. The van der Waals surface area contributed by atoms with Crippen molar-refractivity contribution in [3.8, 4) is 0 Å². The standard InChI is InChI=1S/C7H12N4O3/c1-13-6(12)7(4-14-5-7)9-2-3-10-11-8/h9H,2-5H2,1H3. The SMILES string of the molecule is COC(=O)C1(NCCN=[N+]=[N-])COC1. The summed E-state index contributed by atoms with van der Waals surface area (Å²) in [6.45, 7) is 1.34. The number of rotatable bonds is 5. The van der Waals surface area contributed by atoms with Crippen LogP contribution in [0.2, 0.25) is 0 Å². The van der Waals surface area contributed by atoms with Crippen LogP contribution in [0, 0.1) is 0 Å². The van der Waals surface area contributed by atoms with Crippen LogP contribution in [-0.2, 0) is 14.3 Å². The van der Waals surface area contributed by atoms with E-state index >= 15 is 0 Å². The van der Waals surface area contributed by atoms with Crippen molar-refractivity contribution in [3.63, 3.8) is 0 Å². The molecule has 1 aliphatic rings. The lowest BCUT2D eigenvalue weighted by Crippen LogP contribution is -2.66. The third-order valence-electron chi connectivity index (χ3n) is 2.01. The minimum atomic E-state index is -0.736. The summed E-state index contributed by atoms with van der Waals surface area (Å²) in [5.41, 5.74) is 7.30. The zero-order valence-corrected chi connectivity index (χ0v) is 7.89. The average molecular weight is 200 g/mol. The smallest absolute Gasteiger partial charge is 0.330 e. The number of carbonyl (C=O) groups excluding carboxylic acids is 1. The molecule has 0 bridgehead atoms. The van der Waals surface area contributed by atoms with Crippen LogP contribution < -0.4 is 5.32 Å². The van der Waals surface area contributed by atoms with Crippen molar-refractivity contribution in [2.75, 3.05) is 33.4 Å². The first-order valence-electron chi connectivity index (χ1n) is 4.17. The van der Waals surface area contributed by atoms with E-state index in [1.807, 2.05) is 0 Å². The molecule has 0 atom stereocenters. The zero-order valence-electron chi connectivity index (χ0n) is 7.89. The van der Waals surface area contributed by atoms with Crippen LogP contribution in [0.4, 0.5) is 0 Å². The third-order valence-corrected chi connectivity index (χ3v) is 2.01. The van der Waals surface area contributed by atoms with E-state index in [-0.39, 0.29) is 5.97 Å². The maximum Gasteiger partial charge on any atom is 0.330 e. The monoisotopic (exact) mass is 200 g/mol. The van der Waals surface area contributed by atoms with E-state index < -0.39 is 5.54 Å². The Morgan fingerprint density at radius 3 is 2.93 bits per heavy atom. The summed E-state index contributed by atoms with van der Waals surface area (Å²) in [7, 11) is 1.33. The summed E-state index contributed by atoms with van der Waals surface area (Å²) < 4.78 is 9.58. The number of hydrogen-bond donors (Lipinski definition) is 1. The quantitative estimate of drug-likeness (QED) is 0.219. The molecule has 1 heterocycles. The minimum absolute atomic E-state index is 0.301. The molecule has 0 aromatic heterocycles. The molecular weight excluding hydrogens is 188 g/mol. The van der Waals surface area contributed by atoms with E-state index in [4.69, 9.17) is 10.3 Å². The third kappa shape index (κ3) is 2.14. The Bertz CT molecular complexity index is 258. The van der Waals surface area contributed by atoms with Gasteiger partial charge in [-0.2, -0.15) is 0 Å². The first-order chi connectivity index (χ1) is 6.75. The molecule has 0 spiro atoms. The highest BCUT2D eigenvalue weighted by molar-refractivity contribution is 5.82. The van der Waals surface area contributed by atoms with Crippen LogP contribution in [0.25, 0.3) is 10.4 Å². The Kier molecular flexibility index (Phi) is 3.70. The predicted octanol–water partition coefficient (Wildman–Crippen LogP) is -0.172. The van der Waals surface area contributed by atoms with Gasteiger partial charge in [0.2, 0.25) is 0 Å². The molecule has 1 fully saturated rings. The lowest BCUT2D eigenvalue weighted by Gasteiger charge is -2.39. The van der Waals surface area contributed by atoms with Crippen LogP contribution in [0.15, 0.2) is 5.11 Å². The van der Waals surface area contributed by atoms with Crippen LogP contribution in [0.5, 0.6) is 0 Å². The maximum absolute atomic E-state index is 11.3. The molecule has 0 aromatic carbocycles. The minimum Gasteiger partial charge on any atom is -0.468 e. The van der Waals surface area contributed by atoms with Crippen LogP contribution in [0.3, 0.4) is 0 Å². The number of methoxy groups -OCH3 is 1. The second-order valence-corrected chi connectivity index (χ2v) is 2.95. The van der Waals surface area contributed by atoms with Crippen molar-refractivity contribution in [2.45, 2.75) is 5.54 Å². The molecule has 0 unspecified atom stereocenters. The Morgan fingerprint density at radius 2 is 2.50 bits per heavy atom. The first kappa shape index (κ1) is 10.8. The van der Waals surface area contributed by atoms with Gasteiger partial charge in [0, 0.05) is 18.0 Å². The van der Waals surface area contributed by atoms with E-state index in [0.717, 1.165) is 0 Å². The molecule has 14 heavy (non-hydrogen) atoms. The molecule has 7 nitrogen and oxygen atoms in total. The number of hydrogen-bond acceptors (Lipinski definition) is 5. The van der Waals surface area contributed by atoms with E-state index in [2.05, 4.69) is 20.1 Å². The van der Waals surface area contributed by atoms with Gasteiger partial charge in [-0.15, -0.1) is 0 Å². The number of esters is 1. The molecule has 0 amide bonds.